The molecule has 1 unspecified atom stereocenters. The first-order valence-electron chi connectivity index (χ1n) is 7.35. The number of nitrogens with one attached hydrogen (secondary N) is 1. The van der Waals surface area contributed by atoms with Crippen LogP contribution in [0.3, 0.4) is 0 Å². The average molecular weight is 266 g/mol. The smallest absolute Gasteiger partial charge is 0.138 e. The fourth-order valence-corrected chi connectivity index (χ4v) is 3.27. The monoisotopic (exact) mass is 266 g/mol. The normalized spacial score (nSPS) is 20.4. The summed E-state index contributed by atoms with van der Waals surface area (Å²) in [7, 11) is 0. The Balaban J connectivity index is 1.97. The van der Waals surface area contributed by atoms with Gasteiger partial charge >= 0.3 is 0 Å². The van der Waals surface area contributed by atoms with Crippen molar-refractivity contribution in [2.24, 2.45) is 5.41 Å². The fourth-order valence-electron chi connectivity index (χ4n) is 3.27. The van der Waals surface area contributed by atoms with Gasteiger partial charge in [0.25, 0.3) is 0 Å². The van der Waals surface area contributed by atoms with Crippen LogP contribution in [0.5, 0.6) is 0 Å². The first-order valence-corrected chi connectivity index (χ1v) is 7.35. The van der Waals surface area contributed by atoms with Gasteiger partial charge in [0.05, 0.1) is 5.69 Å². The molecule has 4 heteroatoms. The van der Waals surface area contributed by atoms with Crippen molar-refractivity contribution in [3.05, 3.63) is 17.0 Å². The van der Waals surface area contributed by atoms with Crippen LogP contribution in [0.4, 0.5) is 0 Å². The van der Waals surface area contributed by atoms with Gasteiger partial charge in [-0.05, 0) is 33.6 Å². The van der Waals surface area contributed by atoms with Gasteiger partial charge in [0.15, 0.2) is 0 Å². The van der Waals surface area contributed by atoms with E-state index in [0.717, 1.165) is 36.4 Å². The SMILES string of the molecule is Cc1noc(C)c1C(C)NCC1(CO)CCCCC1. The van der Waals surface area contributed by atoms with Crippen LogP contribution in [0.2, 0.25) is 0 Å². The van der Waals surface area contributed by atoms with E-state index in [2.05, 4.69) is 17.4 Å². The van der Waals surface area contributed by atoms with Crippen molar-refractivity contribution in [1.82, 2.24) is 10.5 Å². The molecule has 1 fully saturated rings. The zero-order valence-corrected chi connectivity index (χ0v) is 12.3. The molecule has 0 radical (unpaired) electrons. The third-order valence-corrected chi connectivity index (χ3v) is 4.55. The molecule has 1 aliphatic rings. The second-order valence-electron chi connectivity index (χ2n) is 6.06. The molecule has 1 heterocycles. The fraction of sp³-hybridized carbons (Fsp3) is 0.800. The minimum absolute atomic E-state index is 0.0749. The van der Waals surface area contributed by atoms with Gasteiger partial charge in [-0.3, -0.25) is 0 Å². The van der Waals surface area contributed by atoms with E-state index >= 15 is 0 Å². The number of rotatable bonds is 5. The van der Waals surface area contributed by atoms with Gasteiger partial charge < -0.3 is 14.9 Å². The van der Waals surface area contributed by atoms with Gasteiger partial charge in [-0.25, -0.2) is 0 Å². The van der Waals surface area contributed by atoms with Crippen LogP contribution in [-0.4, -0.2) is 23.4 Å². The summed E-state index contributed by atoms with van der Waals surface area (Å²) in [6, 6.07) is 0.219. The second-order valence-corrected chi connectivity index (χ2v) is 6.06. The lowest BCUT2D eigenvalue weighted by atomic mass is 9.74. The Kier molecular flexibility index (Phi) is 4.63. The molecule has 2 N–H and O–H groups in total. The van der Waals surface area contributed by atoms with Crippen molar-refractivity contribution in [1.29, 1.82) is 0 Å². The molecular formula is C15H26N2O2. The molecule has 1 aliphatic carbocycles. The zero-order valence-electron chi connectivity index (χ0n) is 12.3. The number of hydrogen-bond acceptors (Lipinski definition) is 4. The number of aromatic nitrogens is 1. The number of aliphatic hydroxyl groups excluding tert-OH is 1. The topological polar surface area (TPSA) is 58.3 Å². The molecule has 1 atom stereocenters. The standard InChI is InChI=1S/C15H26N2O2/c1-11(14-12(2)17-19-13(14)3)16-9-15(10-18)7-5-4-6-8-15/h11,16,18H,4-10H2,1-3H3. The highest BCUT2D eigenvalue weighted by molar-refractivity contribution is 5.24. The summed E-state index contributed by atoms with van der Waals surface area (Å²) < 4.78 is 5.22. The lowest BCUT2D eigenvalue weighted by molar-refractivity contribution is 0.0788. The molecule has 1 aromatic heterocycles. The molecule has 1 aromatic rings. The minimum atomic E-state index is 0.0749. The average Bonchev–Trinajstić information content (AvgIpc) is 2.77. The minimum Gasteiger partial charge on any atom is -0.396 e. The molecule has 19 heavy (non-hydrogen) atoms. The van der Waals surface area contributed by atoms with E-state index in [1.807, 2.05) is 13.8 Å². The highest BCUT2D eigenvalue weighted by Gasteiger charge is 2.32. The summed E-state index contributed by atoms with van der Waals surface area (Å²) in [5.41, 5.74) is 2.19. The van der Waals surface area contributed by atoms with E-state index in [1.54, 1.807) is 0 Å². The molecule has 108 valence electrons. The summed E-state index contributed by atoms with van der Waals surface area (Å²) in [4.78, 5) is 0. The van der Waals surface area contributed by atoms with Gasteiger partial charge in [-0.1, -0.05) is 24.4 Å². The Morgan fingerprint density at radius 2 is 2.00 bits per heavy atom. The Bertz CT molecular complexity index is 389. The number of aryl methyl sites for hydroxylation is 2. The van der Waals surface area contributed by atoms with Gasteiger partial charge in [-0.15, -0.1) is 0 Å². The third kappa shape index (κ3) is 3.18. The molecule has 0 aromatic carbocycles. The van der Waals surface area contributed by atoms with E-state index in [1.165, 1.54) is 19.3 Å². The van der Waals surface area contributed by atoms with Crippen LogP contribution in [0.25, 0.3) is 0 Å². The number of hydrogen-bond donors (Lipinski definition) is 2. The molecule has 2 rings (SSSR count). The highest BCUT2D eigenvalue weighted by atomic mass is 16.5. The number of nitrogens with zero attached hydrogens (tertiary/aromatic N) is 1. The van der Waals surface area contributed by atoms with Crippen molar-refractivity contribution in [2.45, 2.75) is 58.9 Å². The molecular weight excluding hydrogens is 240 g/mol. The highest BCUT2D eigenvalue weighted by Crippen LogP contribution is 2.36. The summed E-state index contributed by atoms with van der Waals surface area (Å²) in [6.45, 7) is 7.23. The lowest BCUT2D eigenvalue weighted by Gasteiger charge is -2.36. The van der Waals surface area contributed by atoms with Gasteiger partial charge in [-0.2, -0.15) is 0 Å². The van der Waals surface area contributed by atoms with E-state index in [9.17, 15) is 5.11 Å². The van der Waals surface area contributed by atoms with Crippen molar-refractivity contribution < 1.29 is 9.63 Å². The molecule has 4 nitrogen and oxygen atoms in total. The van der Waals surface area contributed by atoms with E-state index in [0.29, 0.717) is 0 Å². The quantitative estimate of drug-likeness (QED) is 0.860. The first-order chi connectivity index (χ1) is 9.08. The Hall–Kier alpha value is -0.870. The molecule has 0 saturated heterocycles. The lowest BCUT2D eigenvalue weighted by Crippen LogP contribution is -2.40. The molecule has 1 saturated carbocycles. The van der Waals surface area contributed by atoms with Crippen molar-refractivity contribution >= 4 is 0 Å². The first kappa shape index (κ1) is 14.5. The summed E-state index contributed by atoms with van der Waals surface area (Å²) in [5.74, 6) is 0.888. The van der Waals surface area contributed by atoms with Gasteiger partial charge in [0, 0.05) is 30.2 Å². The summed E-state index contributed by atoms with van der Waals surface area (Å²) >= 11 is 0. The molecule has 0 bridgehead atoms. The number of aliphatic hydroxyl groups is 1. The van der Waals surface area contributed by atoms with Crippen molar-refractivity contribution in [2.75, 3.05) is 13.2 Å². The summed E-state index contributed by atoms with van der Waals surface area (Å²) in [5, 5.41) is 17.3. The van der Waals surface area contributed by atoms with Crippen LogP contribution in [-0.2, 0) is 0 Å². The maximum absolute atomic E-state index is 9.72. The van der Waals surface area contributed by atoms with Crippen molar-refractivity contribution in [3.63, 3.8) is 0 Å². The Morgan fingerprint density at radius 3 is 2.53 bits per heavy atom. The second kappa shape index (κ2) is 6.06. The Morgan fingerprint density at radius 1 is 1.32 bits per heavy atom. The van der Waals surface area contributed by atoms with Crippen molar-refractivity contribution in [3.8, 4) is 0 Å². The zero-order chi connectivity index (χ0) is 13.9. The van der Waals surface area contributed by atoms with Gasteiger partial charge in [0.1, 0.15) is 5.76 Å². The predicted molar refractivity (Wildman–Crippen MR) is 75.0 cm³/mol. The van der Waals surface area contributed by atoms with Crippen LogP contribution in [0, 0.1) is 19.3 Å². The maximum Gasteiger partial charge on any atom is 0.138 e. The van der Waals surface area contributed by atoms with E-state index in [-0.39, 0.29) is 18.1 Å². The van der Waals surface area contributed by atoms with Crippen LogP contribution in [0.15, 0.2) is 4.52 Å². The molecule has 0 amide bonds. The van der Waals surface area contributed by atoms with E-state index < -0.39 is 0 Å². The molecule has 0 spiro atoms. The molecule has 0 aliphatic heterocycles. The summed E-state index contributed by atoms with van der Waals surface area (Å²) in [6.07, 6.45) is 6.04. The van der Waals surface area contributed by atoms with E-state index in [4.69, 9.17) is 4.52 Å². The maximum atomic E-state index is 9.72. The third-order valence-electron chi connectivity index (χ3n) is 4.55. The van der Waals surface area contributed by atoms with Crippen LogP contribution < -0.4 is 5.32 Å². The largest absolute Gasteiger partial charge is 0.396 e. The Labute approximate surface area is 115 Å². The predicted octanol–water partition coefficient (Wildman–Crippen LogP) is 2.88. The van der Waals surface area contributed by atoms with Crippen LogP contribution >= 0.6 is 0 Å². The van der Waals surface area contributed by atoms with Crippen LogP contribution in [0.1, 0.15) is 62.1 Å². The van der Waals surface area contributed by atoms with Gasteiger partial charge in [0.2, 0.25) is 0 Å².